The van der Waals surface area contributed by atoms with Crippen molar-refractivity contribution in [1.29, 1.82) is 0 Å². The van der Waals surface area contributed by atoms with Crippen molar-refractivity contribution in [3.05, 3.63) is 29.8 Å². The molecule has 144 valence electrons. The lowest BCUT2D eigenvalue weighted by atomic mass is 9.96. The Kier molecular flexibility index (Phi) is 11.2. The lowest BCUT2D eigenvalue weighted by Gasteiger charge is -2.38. The minimum Gasteiger partial charge on any atom is -0.372 e. The standard InChI is InChI=1S/C19H31N3O.2ClH/c1-4-13-21(5-2)17-11-9-16(10-12-17)19(23)22-14-7-6-8-18(22)15(3)20;;/h9-12,15,18H,4-8,13-14,20H2,1-3H3;2*1H. The monoisotopic (exact) mass is 389 g/mol. The SMILES string of the molecule is CCCN(CC)c1ccc(C(=O)N2CCCCC2C(C)N)cc1.Cl.Cl. The molecule has 4 nitrogen and oxygen atoms in total. The van der Waals surface area contributed by atoms with Gasteiger partial charge in [0.1, 0.15) is 0 Å². The Morgan fingerprint density at radius 3 is 2.40 bits per heavy atom. The Hall–Kier alpha value is -0.970. The quantitative estimate of drug-likeness (QED) is 0.795. The molecular weight excluding hydrogens is 357 g/mol. The molecule has 25 heavy (non-hydrogen) atoms. The van der Waals surface area contributed by atoms with Gasteiger partial charge in [-0.25, -0.2) is 0 Å². The molecule has 1 saturated heterocycles. The summed E-state index contributed by atoms with van der Waals surface area (Å²) in [5, 5.41) is 0. The number of likely N-dealkylation sites (tertiary alicyclic amines) is 1. The normalized spacial score (nSPS) is 17.9. The summed E-state index contributed by atoms with van der Waals surface area (Å²) < 4.78 is 0. The van der Waals surface area contributed by atoms with Gasteiger partial charge in [0.25, 0.3) is 5.91 Å². The van der Waals surface area contributed by atoms with Gasteiger partial charge in [-0.05, 0) is 63.8 Å². The van der Waals surface area contributed by atoms with Gasteiger partial charge >= 0.3 is 0 Å². The van der Waals surface area contributed by atoms with Gasteiger partial charge in [-0.2, -0.15) is 0 Å². The van der Waals surface area contributed by atoms with E-state index in [1.807, 2.05) is 24.0 Å². The summed E-state index contributed by atoms with van der Waals surface area (Å²) in [6.07, 6.45) is 4.38. The van der Waals surface area contributed by atoms with Crippen molar-refractivity contribution in [3.63, 3.8) is 0 Å². The fourth-order valence-corrected chi connectivity index (χ4v) is 3.48. The summed E-state index contributed by atoms with van der Waals surface area (Å²) in [6, 6.07) is 8.25. The Morgan fingerprint density at radius 1 is 1.24 bits per heavy atom. The first-order chi connectivity index (χ1) is 11.1. The lowest BCUT2D eigenvalue weighted by molar-refractivity contribution is 0.0584. The number of carbonyl (C=O) groups is 1. The highest BCUT2D eigenvalue weighted by molar-refractivity contribution is 5.95. The number of nitrogens with two attached hydrogens (primary N) is 1. The molecule has 1 amide bonds. The first kappa shape index (κ1) is 24.0. The molecule has 0 saturated carbocycles. The number of halogens is 2. The summed E-state index contributed by atoms with van der Waals surface area (Å²) in [7, 11) is 0. The molecule has 0 aliphatic carbocycles. The average Bonchev–Trinajstić information content (AvgIpc) is 2.59. The molecule has 0 aromatic heterocycles. The van der Waals surface area contributed by atoms with Crippen LogP contribution in [0.4, 0.5) is 5.69 Å². The molecule has 1 aromatic carbocycles. The van der Waals surface area contributed by atoms with Crippen LogP contribution in [0.1, 0.15) is 56.8 Å². The van der Waals surface area contributed by atoms with Gasteiger partial charge in [0.15, 0.2) is 0 Å². The van der Waals surface area contributed by atoms with E-state index in [9.17, 15) is 4.79 Å². The van der Waals surface area contributed by atoms with Crippen molar-refractivity contribution in [1.82, 2.24) is 4.90 Å². The van der Waals surface area contributed by atoms with Crippen LogP contribution in [0.15, 0.2) is 24.3 Å². The molecule has 2 rings (SSSR count). The minimum absolute atomic E-state index is 0. The van der Waals surface area contributed by atoms with Gasteiger partial charge in [-0.3, -0.25) is 4.79 Å². The van der Waals surface area contributed by atoms with E-state index in [1.165, 1.54) is 5.69 Å². The molecule has 2 atom stereocenters. The zero-order chi connectivity index (χ0) is 16.8. The highest BCUT2D eigenvalue weighted by atomic mass is 35.5. The second-order valence-corrected chi connectivity index (χ2v) is 6.55. The number of benzene rings is 1. The minimum atomic E-state index is 0. The number of piperidine rings is 1. The third kappa shape index (κ3) is 6.05. The maximum atomic E-state index is 12.8. The number of amides is 1. The van der Waals surface area contributed by atoms with Crippen LogP contribution in [0.3, 0.4) is 0 Å². The predicted octanol–water partition coefficient (Wildman–Crippen LogP) is 4.11. The zero-order valence-corrected chi connectivity index (χ0v) is 17.2. The molecule has 0 bridgehead atoms. The Balaban J connectivity index is 0.00000288. The van der Waals surface area contributed by atoms with E-state index in [0.717, 1.165) is 50.9 Å². The van der Waals surface area contributed by atoms with Crippen molar-refractivity contribution in [3.8, 4) is 0 Å². The maximum Gasteiger partial charge on any atom is 0.254 e. The number of rotatable bonds is 6. The maximum absolute atomic E-state index is 12.8. The fraction of sp³-hybridized carbons (Fsp3) is 0.632. The van der Waals surface area contributed by atoms with E-state index in [-0.39, 0.29) is 42.8 Å². The Bertz CT molecular complexity index is 508. The third-order valence-electron chi connectivity index (χ3n) is 4.77. The zero-order valence-electron chi connectivity index (χ0n) is 15.6. The number of hydrogen-bond acceptors (Lipinski definition) is 3. The second kappa shape index (κ2) is 11.6. The first-order valence-corrected chi connectivity index (χ1v) is 9.00. The summed E-state index contributed by atoms with van der Waals surface area (Å²) in [4.78, 5) is 17.2. The van der Waals surface area contributed by atoms with Gasteiger partial charge in [-0.15, -0.1) is 24.8 Å². The molecule has 1 fully saturated rings. The second-order valence-electron chi connectivity index (χ2n) is 6.55. The van der Waals surface area contributed by atoms with Gasteiger partial charge in [0.05, 0.1) is 0 Å². The summed E-state index contributed by atoms with van der Waals surface area (Å²) in [5.41, 5.74) is 8.05. The van der Waals surface area contributed by atoms with Gasteiger partial charge in [0, 0.05) is 43.0 Å². The molecule has 2 unspecified atom stereocenters. The van der Waals surface area contributed by atoms with Crippen LogP contribution in [-0.4, -0.2) is 42.5 Å². The predicted molar refractivity (Wildman–Crippen MR) is 111 cm³/mol. The van der Waals surface area contributed by atoms with Crippen molar-refractivity contribution in [2.75, 3.05) is 24.5 Å². The number of anilines is 1. The van der Waals surface area contributed by atoms with Gasteiger partial charge in [-0.1, -0.05) is 6.92 Å². The number of hydrogen-bond donors (Lipinski definition) is 1. The van der Waals surface area contributed by atoms with E-state index in [1.54, 1.807) is 0 Å². The number of nitrogens with zero attached hydrogens (tertiary/aromatic N) is 2. The molecule has 1 aromatic rings. The van der Waals surface area contributed by atoms with Gasteiger partial charge in [0.2, 0.25) is 0 Å². The Morgan fingerprint density at radius 2 is 1.88 bits per heavy atom. The van der Waals surface area contributed by atoms with E-state index in [0.29, 0.717) is 0 Å². The van der Waals surface area contributed by atoms with Crippen LogP contribution in [0.5, 0.6) is 0 Å². The van der Waals surface area contributed by atoms with Crippen molar-refractivity contribution < 1.29 is 4.79 Å². The molecule has 1 aliphatic rings. The third-order valence-corrected chi connectivity index (χ3v) is 4.77. The number of carbonyl (C=O) groups excluding carboxylic acids is 1. The van der Waals surface area contributed by atoms with Crippen LogP contribution >= 0.6 is 24.8 Å². The fourth-order valence-electron chi connectivity index (χ4n) is 3.48. The van der Waals surface area contributed by atoms with E-state index < -0.39 is 0 Å². The van der Waals surface area contributed by atoms with E-state index in [2.05, 4.69) is 30.9 Å². The molecule has 0 spiro atoms. The topological polar surface area (TPSA) is 49.6 Å². The Labute approximate surface area is 164 Å². The van der Waals surface area contributed by atoms with Crippen molar-refractivity contribution in [2.45, 2.75) is 58.5 Å². The van der Waals surface area contributed by atoms with E-state index in [4.69, 9.17) is 5.73 Å². The average molecular weight is 390 g/mol. The summed E-state index contributed by atoms with van der Waals surface area (Å²) in [5.74, 6) is 0.122. The van der Waals surface area contributed by atoms with Crippen LogP contribution < -0.4 is 10.6 Å². The van der Waals surface area contributed by atoms with Crippen LogP contribution in [0.25, 0.3) is 0 Å². The summed E-state index contributed by atoms with van der Waals surface area (Å²) >= 11 is 0. The van der Waals surface area contributed by atoms with Crippen molar-refractivity contribution >= 4 is 36.4 Å². The van der Waals surface area contributed by atoms with Crippen LogP contribution in [0, 0.1) is 0 Å². The molecule has 6 heteroatoms. The molecule has 0 radical (unpaired) electrons. The van der Waals surface area contributed by atoms with Crippen LogP contribution in [0.2, 0.25) is 0 Å². The van der Waals surface area contributed by atoms with Gasteiger partial charge < -0.3 is 15.5 Å². The summed E-state index contributed by atoms with van der Waals surface area (Å²) in [6.45, 7) is 9.20. The largest absolute Gasteiger partial charge is 0.372 e. The van der Waals surface area contributed by atoms with E-state index >= 15 is 0 Å². The highest BCUT2D eigenvalue weighted by Gasteiger charge is 2.29. The van der Waals surface area contributed by atoms with Crippen molar-refractivity contribution in [2.24, 2.45) is 5.73 Å². The van der Waals surface area contributed by atoms with Crippen LogP contribution in [-0.2, 0) is 0 Å². The molecule has 1 aliphatic heterocycles. The molecule has 2 N–H and O–H groups in total. The highest BCUT2D eigenvalue weighted by Crippen LogP contribution is 2.23. The lowest BCUT2D eigenvalue weighted by Crippen LogP contribution is -2.51. The first-order valence-electron chi connectivity index (χ1n) is 9.00. The smallest absolute Gasteiger partial charge is 0.254 e. The molecular formula is C19H33Cl2N3O. The molecule has 1 heterocycles.